The van der Waals surface area contributed by atoms with Gasteiger partial charge < -0.3 is 4.74 Å². The highest BCUT2D eigenvalue weighted by molar-refractivity contribution is 5.87. The molecule has 1 aromatic heterocycles. The summed E-state index contributed by atoms with van der Waals surface area (Å²) in [5.74, 6) is -3.83. The van der Waals surface area contributed by atoms with Gasteiger partial charge in [-0.15, -0.1) is 5.10 Å². The topological polar surface area (TPSA) is 52.1 Å². The molecule has 0 bridgehead atoms. The first-order valence-corrected chi connectivity index (χ1v) is 3.74. The highest BCUT2D eigenvalue weighted by Crippen LogP contribution is 2.25. The van der Waals surface area contributed by atoms with E-state index in [0.717, 1.165) is 19.4 Å². The smallest absolute Gasteiger partial charge is 0.358 e. The van der Waals surface area contributed by atoms with Crippen molar-refractivity contribution < 1.29 is 18.3 Å². The van der Waals surface area contributed by atoms with Crippen LogP contribution in [0.2, 0.25) is 0 Å². The van der Waals surface area contributed by atoms with Crippen LogP contribution in [0.1, 0.15) is 23.0 Å². The first-order chi connectivity index (χ1) is 6.45. The third-order valence-electron chi connectivity index (χ3n) is 1.56. The van der Waals surface area contributed by atoms with Crippen LogP contribution in [0, 0.1) is 0 Å². The Labute approximate surface area is 78.9 Å². The Morgan fingerprint density at radius 3 is 2.71 bits per heavy atom. The third kappa shape index (κ3) is 2.21. The fourth-order valence-electron chi connectivity index (χ4n) is 0.811. The number of carbonyl (C=O) groups excluding carboxylic acids is 1. The number of nitrogens with zero attached hydrogens (tertiary/aromatic N) is 2. The van der Waals surface area contributed by atoms with Gasteiger partial charge in [0, 0.05) is 12.5 Å². The van der Waals surface area contributed by atoms with Gasteiger partial charge in [-0.3, -0.25) is 0 Å². The van der Waals surface area contributed by atoms with Gasteiger partial charge in [-0.25, -0.2) is 13.6 Å². The SMILES string of the molecule is COC(=O)c1cc(C(C)(F)F)cnn1. The molecule has 1 heterocycles. The van der Waals surface area contributed by atoms with Crippen LogP contribution in [0.3, 0.4) is 0 Å². The number of alkyl halides is 2. The zero-order valence-corrected chi connectivity index (χ0v) is 7.62. The van der Waals surface area contributed by atoms with E-state index in [1.807, 2.05) is 0 Å². The number of esters is 1. The summed E-state index contributed by atoms with van der Waals surface area (Å²) in [7, 11) is 1.14. The summed E-state index contributed by atoms with van der Waals surface area (Å²) >= 11 is 0. The molecule has 1 rings (SSSR count). The molecule has 1 aromatic rings. The average molecular weight is 202 g/mol. The predicted octanol–water partition coefficient (Wildman–Crippen LogP) is 1.37. The first-order valence-electron chi connectivity index (χ1n) is 3.74. The zero-order valence-electron chi connectivity index (χ0n) is 7.62. The molecule has 0 saturated carbocycles. The molecule has 0 aliphatic rings. The number of hydrogen-bond donors (Lipinski definition) is 0. The van der Waals surface area contributed by atoms with Gasteiger partial charge in [0.2, 0.25) is 0 Å². The molecule has 14 heavy (non-hydrogen) atoms. The number of ether oxygens (including phenoxy) is 1. The summed E-state index contributed by atoms with van der Waals surface area (Å²) in [4.78, 5) is 10.9. The molecule has 0 aromatic carbocycles. The summed E-state index contributed by atoms with van der Waals surface area (Å²) < 4.78 is 29.9. The summed E-state index contributed by atoms with van der Waals surface area (Å²) in [5.41, 5.74) is -0.598. The maximum Gasteiger partial charge on any atom is 0.358 e. The standard InChI is InChI=1S/C8H8F2N2O2/c1-8(9,10)5-3-6(7(13)14-2)12-11-4-5/h3-4H,1-2H3. The van der Waals surface area contributed by atoms with Gasteiger partial charge in [0.15, 0.2) is 5.69 Å². The number of aromatic nitrogens is 2. The van der Waals surface area contributed by atoms with Crippen molar-refractivity contribution in [1.29, 1.82) is 0 Å². The third-order valence-corrected chi connectivity index (χ3v) is 1.56. The second kappa shape index (κ2) is 3.65. The van der Waals surface area contributed by atoms with Crippen molar-refractivity contribution >= 4 is 5.97 Å². The van der Waals surface area contributed by atoms with Crippen molar-refractivity contribution in [3.63, 3.8) is 0 Å². The molecule has 0 aliphatic carbocycles. The molecule has 4 nitrogen and oxygen atoms in total. The molecule has 0 spiro atoms. The molecule has 0 amide bonds. The van der Waals surface area contributed by atoms with Crippen LogP contribution in [-0.2, 0) is 10.7 Å². The van der Waals surface area contributed by atoms with E-state index >= 15 is 0 Å². The van der Waals surface area contributed by atoms with Crippen molar-refractivity contribution in [2.24, 2.45) is 0 Å². The van der Waals surface area contributed by atoms with Gasteiger partial charge in [0.05, 0.1) is 13.3 Å². The van der Waals surface area contributed by atoms with Gasteiger partial charge in [0.1, 0.15) is 0 Å². The molecule has 0 unspecified atom stereocenters. The molecule has 0 atom stereocenters. The van der Waals surface area contributed by atoms with Gasteiger partial charge in [-0.05, 0) is 6.07 Å². The van der Waals surface area contributed by atoms with Crippen LogP contribution in [-0.4, -0.2) is 23.3 Å². The van der Waals surface area contributed by atoms with E-state index in [2.05, 4.69) is 14.9 Å². The van der Waals surface area contributed by atoms with Crippen LogP contribution < -0.4 is 0 Å². The Kier molecular flexibility index (Phi) is 2.73. The highest BCUT2D eigenvalue weighted by Gasteiger charge is 2.26. The normalized spacial score (nSPS) is 11.1. The van der Waals surface area contributed by atoms with Crippen LogP contribution in [0.4, 0.5) is 8.78 Å². The van der Waals surface area contributed by atoms with Crippen molar-refractivity contribution in [2.45, 2.75) is 12.8 Å². The van der Waals surface area contributed by atoms with E-state index < -0.39 is 11.9 Å². The quantitative estimate of drug-likeness (QED) is 0.679. The molecular weight excluding hydrogens is 194 g/mol. The van der Waals surface area contributed by atoms with Gasteiger partial charge in [0.25, 0.3) is 5.92 Å². The fourth-order valence-corrected chi connectivity index (χ4v) is 0.811. The van der Waals surface area contributed by atoms with Crippen LogP contribution in [0.15, 0.2) is 12.3 Å². The largest absolute Gasteiger partial charge is 0.464 e. The van der Waals surface area contributed by atoms with Crippen molar-refractivity contribution in [2.75, 3.05) is 7.11 Å². The average Bonchev–Trinajstić information content (AvgIpc) is 2.15. The Hall–Kier alpha value is -1.59. The molecule has 76 valence electrons. The number of carbonyl (C=O) groups is 1. The molecular formula is C8H8F2N2O2. The number of hydrogen-bond acceptors (Lipinski definition) is 4. The molecule has 0 saturated heterocycles. The summed E-state index contributed by atoms with van der Waals surface area (Å²) in [6.07, 6.45) is 0.909. The Balaban J connectivity index is 3.08. The summed E-state index contributed by atoms with van der Waals surface area (Å²) in [6.45, 7) is 0.713. The monoisotopic (exact) mass is 202 g/mol. The Morgan fingerprint density at radius 1 is 1.57 bits per heavy atom. The van der Waals surface area contributed by atoms with E-state index in [-0.39, 0.29) is 11.3 Å². The molecule has 0 fully saturated rings. The van der Waals surface area contributed by atoms with Gasteiger partial charge >= 0.3 is 5.97 Å². The maximum atomic E-state index is 12.8. The lowest BCUT2D eigenvalue weighted by Gasteiger charge is -2.09. The van der Waals surface area contributed by atoms with Crippen LogP contribution in [0.5, 0.6) is 0 Å². The van der Waals surface area contributed by atoms with Crippen LogP contribution in [0.25, 0.3) is 0 Å². The zero-order chi connectivity index (χ0) is 10.8. The van der Waals surface area contributed by atoms with E-state index in [1.54, 1.807) is 0 Å². The Bertz CT molecular complexity index is 349. The number of rotatable bonds is 2. The van der Waals surface area contributed by atoms with Crippen molar-refractivity contribution in [3.8, 4) is 0 Å². The van der Waals surface area contributed by atoms with Gasteiger partial charge in [-0.1, -0.05) is 0 Å². The van der Waals surface area contributed by atoms with Crippen molar-refractivity contribution in [3.05, 3.63) is 23.5 Å². The lowest BCUT2D eigenvalue weighted by molar-refractivity contribution is 0.0168. The highest BCUT2D eigenvalue weighted by atomic mass is 19.3. The van der Waals surface area contributed by atoms with E-state index in [4.69, 9.17) is 0 Å². The minimum atomic E-state index is -3.04. The minimum Gasteiger partial charge on any atom is -0.464 e. The van der Waals surface area contributed by atoms with Crippen LogP contribution >= 0.6 is 0 Å². The first kappa shape index (κ1) is 10.5. The molecule has 0 N–H and O–H groups in total. The summed E-state index contributed by atoms with van der Waals surface area (Å²) in [5, 5.41) is 6.66. The second-order valence-electron chi connectivity index (χ2n) is 2.71. The number of methoxy groups -OCH3 is 1. The predicted molar refractivity (Wildman–Crippen MR) is 42.9 cm³/mol. The fraction of sp³-hybridized carbons (Fsp3) is 0.375. The number of halogens is 2. The van der Waals surface area contributed by atoms with E-state index in [1.165, 1.54) is 0 Å². The maximum absolute atomic E-state index is 12.8. The second-order valence-corrected chi connectivity index (χ2v) is 2.71. The van der Waals surface area contributed by atoms with Crippen molar-refractivity contribution in [1.82, 2.24) is 10.2 Å². The van der Waals surface area contributed by atoms with E-state index in [9.17, 15) is 13.6 Å². The summed E-state index contributed by atoms with van der Waals surface area (Å²) in [6, 6.07) is 0.957. The minimum absolute atomic E-state index is 0.230. The lowest BCUT2D eigenvalue weighted by atomic mass is 10.1. The van der Waals surface area contributed by atoms with Gasteiger partial charge in [-0.2, -0.15) is 5.10 Å². The molecule has 0 radical (unpaired) electrons. The molecule has 6 heteroatoms. The molecule has 0 aliphatic heterocycles. The van der Waals surface area contributed by atoms with E-state index in [0.29, 0.717) is 6.92 Å². The lowest BCUT2D eigenvalue weighted by Crippen LogP contribution is -2.12. The Morgan fingerprint density at radius 2 is 2.21 bits per heavy atom.